The van der Waals surface area contributed by atoms with Crippen LogP contribution in [0.5, 0.6) is 0 Å². The van der Waals surface area contributed by atoms with E-state index in [-0.39, 0.29) is 23.0 Å². The lowest BCUT2D eigenvalue weighted by Gasteiger charge is -2.56. The molecule has 0 spiro atoms. The number of carbonyl (C=O) groups is 2. The first-order chi connectivity index (χ1) is 14.9. The highest BCUT2D eigenvalue weighted by atomic mass is 32.1. The van der Waals surface area contributed by atoms with E-state index in [0.29, 0.717) is 10.8 Å². The maximum atomic E-state index is 14.2. The number of anilines is 2. The molecule has 1 N–H and O–H groups in total. The van der Waals surface area contributed by atoms with Crippen LogP contribution in [0, 0.1) is 23.6 Å². The summed E-state index contributed by atoms with van der Waals surface area (Å²) in [6.45, 7) is 1.38. The largest absolute Gasteiger partial charge is 0.347 e. The molecule has 0 unspecified atom stereocenters. The SMILES string of the molecule is CC(=O)N(c1nc(C=CC(=O)NC23CC4CC(CC(C4)C2)C3)cs1)c1ccccc1F. The van der Waals surface area contributed by atoms with Gasteiger partial charge in [-0.1, -0.05) is 12.1 Å². The molecule has 0 radical (unpaired) electrons. The Bertz CT molecular complexity index is 1010. The van der Waals surface area contributed by atoms with Gasteiger partial charge in [0, 0.05) is 23.9 Å². The van der Waals surface area contributed by atoms with Crippen LogP contribution in [0.2, 0.25) is 0 Å². The topological polar surface area (TPSA) is 62.3 Å². The van der Waals surface area contributed by atoms with Crippen molar-refractivity contribution in [3.63, 3.8) is 0 Å². The summed E-state index contributed by atoms with van der Waals surface area (Å²) < 4.78 is 14.2. The van der Waals surface area contributed by atoms with Crippen LogP contribution in [0.4, 0.5) is 15.2 Å². The number of hydrogen-bond acceptors (Lipinski definition) is 4. The zero-order valence-electron chi connectivity index (χ0n) is 17.5. The summed E-state index contributed by atoms with van der Waals surface area (Å²) in [6, 6.07) is 6.12. The van der Waals surface area contributed by atoms with Gasteiger partial charge >= 0.3 is 0 Å². The van der Waals surface area contributed by atoms with Crippen LogP contribution < -0.4 is 10.2 Å². The number of thiazole rings is 1. The van der Waals surface area contributed by atoms with E-state index in [4.69, 9.17) is 0 Å². The van der Waals surface area contributed by atoms with E-state index in [0.717, 1.165) is 37.0 Å². The third kappa shape index (κ3) is 4.03. The predicted molar refractivity (Wildman–Crippen MR) is 119 cm³/mol. The van der Waals surface area contributed by atoms with Crippen molar-refractivity contribution >= 4 is 40.0 Å². The summed E-state index contributed by atoms with van der Waals surface area (Å²) >= 11 is 1.24. The van der Waals surface area contributed by atoms with Crippen molar-refractivity contribution in [2.75, 3.05) is 4.90 Å². The fraction of sp³-hybridized carbons (Fsp3) is 0.458. The molecule has 2 amide bonds. The van der Waals surface area contributed by atoms with Crippen molar-refractivity contribution in [2.45, 2.75) is 51.0 Å². The van der Waals surface area contributed by atoms with E-state index in [9.17, 15) is 14.0 Å². The Morgan fingerprint density at radius 2 is 1.81 bits per heavy atom. The van der Waals surface area contributed by atoms with E-state index in [1.54, 1.807) is 29.7 Å². The molecule has 4 aliphatic rings. The average molecular weight is 440 g/mol. The standard InChI is InChI=1S/C24H26FN3O2S/c1-15(29)28(21-5-3-2-4-20(21)25)23-26-19(14-31-23)6-7-22(30)27-24-11-16-8-17(12-24)10-18(9-16)13-24/h2-7,14,16-18H,8-13H2,1H3,(H,27,30). The first kappa shape index (κ1) is 20.4. The highest BCUT2D eigenvalue weighted by Crippen LogP contribution is 2.55. The van der Waals surface area contributed by atoms with Crippen LogP contribution in [0.3, 0.4) is 0 Å². The first-order valence-electron chi connectivity index (χ1n) is 10.9. The summed E-state index contributed by atoms with van der Waals surface area (Å²) in [5.41, 5.74) is 0.711. The number of benzene rings is 1. The van der Waals surface area contributed by atoms with Crippen molar-refractivity contribution in [3.8, 4) is 0 Å². The molecule has 0 saturated heterocycles. The van der Waals surface area contributed by atoms with Crippen molar-refractivity contribution in [1.29, 1.82) is 0 Å². The Morgan fingerprint density at radius 3 is 2.42 bits per heavy atom. The minimum absolute atomic E-state index is 0.0281. The molecule has 4 bridgehead atoms. The number of nitrogens with one attached hydrogen (secondary N) is 1. The number of hydrogen-bond donors (Lipinski definition) is 1. The molecule has 1 aromatic heterocycles. The van der Waals surface area contributed by atoms with E-state index < -0.39 is 5.82 Å². The number of aromatic nitrogens is 1. The van der Waals surface area contributed by atoms with Crippen LogP contribution in [0.1, 0.15) is 51.1 Å². The van der Waals surface area contributed by atoms with Gasteiger partial charge in [0.1, 0.15) is 5.82 Å². The predicted octanol–water partition coefficient (Wildman–Crippen LogP) is 5.07. The van der Waals surface area contributed by atoms with Gasteiger partial charge < -0.3 is 5.32 Å². The van der Waals surface area contributed by atoms with Crippen LogP contribution in [0.25, 0.3) is 6.08 Å². The van der Waals surface area contributed by atoms with Gasteiger partial charge in [0.15, 0.2) is 5.13 Å². The van der Waals surface area contributed by atoms with Crippen LogP contribution in [0.15, 0.2) is 35.7 Å². The third-order valence-electron chi connectivity index (χ3n) is 6.94. The van der Waals surface area contributed by atoms with Gasteiger partial charge in [-0.2, -0.15) is 0 Å². The second-order valence-electron chi connectivity index (χ2n) is 9.38. The molecule has 6 rings (SSSR count). The highest BCUT2D eigenvalue weighted by molar-refractivity contribution is 7.14. The second kappa shape index (κ2) is 7.86. The molecule has 7 heteroatoms. The van der Waals surface area contributed by atoms with Crippen molar-refractivity contribution in [1.82, 2.24) is 10.3 Å². The molecule has 5 nitrogen and oxygen atoms in total. The number of para-hydroxylation sites is 1. The molecular weight excluding hydrogens is 413 g/mol. The van der Waals surface area contributed by atoms with Gasteiger partial charge in [-0.25, -0.2) is 9.37 Å². The van der Waals surface area contributed by atoms with Gasteiger partial charge in [0.2, 0.25) is 11.8 Å². The number of halogens is 1. The molecule has 0 aliphatic heterocycles. The molecule has 2 aromatic rings. The Labute approximate surface area is 185 Å². The Hall–Kier alpha value is -2.54. The zero-order valence-corrected chi connectivity index (χ0v) is 18.3. The molecule has 0 atom stereocenters. The van der Waals surface area contributed by atoms with E-state index >= 15 is 0 Å². The normalized spacial score (nSPS) is 28.8. The second-order valence-corrected chi connectivity index (χ2v) is 10.2. The molecule has 4 saturated carbocycles. The fourth-order valence-electron chi connectivity index (χ4n) is 6.22. The Morgan fingerprint density at radius 1 is 1.16 bits per heavy atom. The Kier molecular flexibility index (Phi) is 5.16. The van der Waals surface area contributed by atoms with Crippen LogP contribution >= 0.6 is 11.3 Å². The monoisotopic (exact) mass is 439 g/mol. The summed E-state index contributed by atoms with van der Waals surface area (Å²) in [5.74, 6) is 1.41. The minimum Gasteiger partial charge on any atom is -0.347 e. The average Bonchev–Trinajstić information content (AvgIpc) is 3.15. The molecular formula is C24H26FN3O2S. The molecule has 1 heterocycles. The molecule has 4 aliphatic carbocycles. The number of nitrogens with zero attached hydrogens (tertiary/aromatic N) is 2. The minimum atomic E-state index is -0.486. The van der Waals surface area contributed by atoms with E-state index in [1.807, 2.05) is 0 Å². The number of amides is 2. The number of carbonyl (C=O) groups excluding carboxylic acids is 2. The lowest BCUT2D eigenvalue weighted by Crippen LogP contribution is -2.59. The summed E-state index contributed by atoms with van der Waals surface area (Å²) in [5, 5.41) is 5.45. The van der Waals surface area contributed by atoms with E-state index in [1.165, 1.54) is 54.6 Å². The van der Waals surface area contributed by atoms with Crippen LogP contribution in [-0.4, -0.2) is 22.3 Å². The molecule has 162 valence electrons. The summed E-state index contributed by atoms with van der Waals surface area (Å²) in [6.07, 6.45) is 10.5. The Balaban J connectivity index is 1.28. The molecule has 1 aromatic carbocycles. The molecule has 4 fully saturated rings. The quantitative estimate of drug-likeness (QED) is 0.662. The zero-order chi connectivity index (χ0) is 21.6. The van der Waals surface area contributed by atoms with Crippen molar-refractivity contribution in [3.05, 3.63) is 47.2 Å². The maximum absolute atomic E-state index is 14.2. The lowest BCUT2D eigenvalue weighted by atomic mass is 9.53. The lowest BCUT2D eigenvalue weighted by molar-refractivity contribution is -0.122. The smallest absolute Gasteiger partial charge is 0.244 e. The maximum Gasteiger partial charge on any atom is 0.244 e. The summed E-state index contributed by atoms with van der Waals surface area (Å²) in [4.78, 5) is 30.5. The highest BCUT2D eigenvalue weighted by Gasteiger charge is 2.51. The van der Waals surface area contributed by atoms with E-state index in [2.05, 4.69) is 10.3 Å². The summed E-state index contributed by atoms with van der Waals surface area (Å²) in [7, 11) is 0. The van der Waals surface area contributed by atoms with Gasteiger partial charge in [0.25, 0.3) is 0 Å². The van der Waals surface area contributed by atoms with Gasteiger partial charge in [-0.15, -0.1) is 11.3 Å². The van der Waals surface area contributed by atoms with Crippen molar-refractivity contribution < 1.29 is 14.0 Å². The fourth-order valence-corrected chi connectivity index (χ4v) is 7.07. The van der Waals surface area contributed by atoms with Gasteiger partial charge in [0.05, 0.1) is 11.4 Å². The molecule has 31 heavy (non-hydrogen) atoms. The van der Waals surface area contributed by atoms with Gasteiger partial charge in [-0.3, -0.25) is 14.5 Å². The van der Waals surface area contributed by atoms with Crippen LogP contribution in [-0.2, 0) is 9.59 Å². The van der Waals surface area contributed by atoms with Gasteiger partial charge in [-0.05, 0) is 74.5 Å². The third-order valence-corrected chi connectivity index (χ3v) is 7.79. The number of rotatable bonds is 5. The first-order valence-corrected chi connectivity index (χ1v) is 11.8. The van der Waals surface area contributed by atoms with Crippen molar-refractivity contribution in [2.24, 2.45) is 17.8 Å².